The first-order valence-electron chi connectivity index (χ1n) is 7.24. The monoisotopic (exact) mass is 255 g/mol. The Labute approximate surface area is 114 Å². The first-order valence-corrected chi connectivity index (χ1v) is 7.24. The molecule has 1 saturated heterocycles. The number of hydrogen-bond donors (Lipinski definition) is 1. The molecule has 2 nitrogen and oxygen atoms in total. The molecule has 100 valence electrons. The van der Waals surface area contributed by atoms with Crippen molar-refractivity contribution in [1.29, 1.82) is 0 Å². The number of hydrogen-bond acceptors (Lipinski definition) is 2. The van der Waals surface area contributed by atoms with E-state index < -0.39 is 0 Å². The molecule has 0 aliphatic carbocycles. The van der Waals surface area contributed by atoms with Crippen LogP contribution in [0.15, 0.2) is 42.5 Å². The maximum absolute atomic E-state index is 5.89. The normalized spacial score (nSPS) is 19.5. The molecule has 0 amide bonds. The van der Waals surface area contributed by atoms with Crippen LogP contribution >= 0.6 is 0 Å². The smallest absolute Gasteiger partial charge is 0.119 e. The maximum atomic E-state index is 5.89. The topological polar surface area (TPSA) is 21.3 Å². The molecule has 3 rings (SSSR count). The second-order valence-corrected chi connectivity index (χ2v) is 5.36. The summed E-state index contributed by atoms with van der Waals surface area (Å²) >= 11 is 0. The van der Waals surface area contributed by atoms with Crippen molar-refractivity contribution in [3.63, 3.8) is 0 Å². The van der Waals surface area contributed by atoms with Gasteiger partial charge in [-0.15, -0.1) is 0 Å². The lowest BCUT2D eigenvalue weighted by molar-refractivity contribution is 0.254. The number of fused-ring (bicyclic) bond motifs is 1. The second-order valence-electron chi connectivity index (χ2n) is 5.36. The lowest BCUT2D eigenvalue weighted by Gasteiger charge is -2.22. The SMILES string of the molecule is c1ccc2cc(OCCC3CCCNC3)ccc2c1. The van der Waals surface area contributed by atoms with Crippen molar-refractivity contribution in [2.45, 2.75) is 19.3 Å². The molecule has 0 spiro atoms. The molecular weight excluding hydrogens is 234 g/mol. The summed E-state index contributed by atoms with van der Waals surface area (Å²) in [4.78, 5) is 0. The van der Waals surface area contributed by atoms with Crippen LogP contribution in [0.1, 0.15) is 19.3 Å². The summed E-state index contributed by atoms with van der Waals surface area (Å²) < 4.78 is 5.89. The minimum Gasteiger partial charge on any atom is -0.494 e. The van der Waals surface area contributed by atoms with E-state index in [0.29, 0.717) is 0 Å². The summed E-state index contributed by atoms with van der Waals surface area (Å²) in [6, 6.07) is 14.7. The Kier molecular flexibility index (Phi) is 3.99. The van der Waals surface area contributed by atoms with E-state index in [1.165, 1.54) is 30.2 Å². The van der Waals surface area contributed by atoms with Gasteiger partial charge in [-0.25, -0.2) is 0 Å². The first kappa shape index (κ1) is 12.5. The predicted octanol–water partition coefficient (Wildman–Crippen LogP) is 3.61. The predicted molar refractivity (Wildman–Crippen MR) is 79.7 cm³/mol. The maximum Gasteiger partial charge on any atom is 0.119 e. The first-order chi connectivity index (χ1) is 9.42. The van der Waals surface area contributed by atoms with Crippen molar-refractivity contribution in [2.75, 3.05) is 19.7 Å². The largest absolute Gasteiger partial charge is 0.494 e. The summed E-state index contributed by atoms with van der Waals surface area (Å²) in [5.74, 6) is 1.77. The van der Waals surface area contributed by atoms with Gasteiger partial charge < -0.3 is 10.1 Å². The minimum atomic E-state index is 0.786. The highest BCUT2D eigenvalue weighted by molar-refractivity contribution is 5.83. The number of rotatable bonds is 4. The van der Waals surface area contributed by atoms with Crippen LogP contribution in [0.2, 0.25) is 0 Å². The molecule has 0 bridgehead atoms. The highest BCUT2D eigenvalue weighted by atomic mass is 16.5. The van der Waals surface area contributed by atoms with Crippen LogP contribution in [-0.2, 0) is 0 Å². The van der Waals surface area contributed by atoms with Gasteiger partial charge in [-0.05, 0) is 61.2 Å². The Morgan fingerprint density at radius 2 is 2.00 bits per heavy atom. The van der Waals surface area contributed by atoms with Gasteiger partial charge in [0.2, 0.25) is 0 Å². The third-order valence-corrected chi connectivity index (χ3v) is 3.91. The zero-order valence-corrected chi connectivity index (χ0v) is 11.3. The van der Waals surface area contributed by atoms with Gasteiger partial charge in [0.05, 0.1) is 6.61 Å². The van der Waals surface area contributed by atoms with E-state index in [9.17, 15) is 0 Å². The summed E-state index contributed by atoms with van der Waals surface area (Å²) in [7, 11) is 0. The third kappa shape index (κ3) is 3.27. The highest BCUT2D eigenvalue weighted by Crippen LogP contribution is 2.21. The fourth-order valence-corrected chi connectivity index (χ4v) is 2.77. The van der Waals surface area contributed by atoms with E-state index in [2.05, 4.69) is 47.8 Å². The van der Waals surface area contributed by atoms with Crippen molar-refractivity contribution < 1.29 is 4.74 Å². The number of benzene rings is 2. The van der Waals surface area contributed by atoms with Crippen LogP contribution in [0.4, 0.5) is 0 Å². The Bertz CT molecular complexity index is 532. The standard InChI is InChI=1S/C17H21NO/c1-2-6-16-12-17(8-7-15(16)5-1)19-11-9-14-4-3-10-18-13-14/h1-2,5-8,12,14,18H,3-4,9-11,13H2. The quantitative estimate of drug-likeness (QED) is 0.901. The molecule has 19 heavy (non-hydrogen) atoms. The molecule has 1 fully saturated rings. The van der Waals surface area contributed by atoms with Gasteiger partial charge in [-0.3, -0.25) is 0 Å². The molecule has 0 aromatic heterocycles. The van der Waals surface area contributed by atoms with Crippen LogP contribution in [0.3, 0.4) is 0 Å². The van der Waals surface area contributed by atoms with Crippen molar-refractivity contribution >= 4 is 10.8 Å². The van der Waals surface area contributed by atoms with E-state index in [0.717, 1.165) is 31.2 Å². The molecule has 1 aliphatic heterocycles. The molecule has 0 saturated carbocycles. The molecule has 1 unspecified atom stereocenters. The summed E-state index contributed by atoms with van der Waals surface area (Å²) in [6.07, 6.45) is 3.80. The van der Waals surface area contributed by atoms with Crippen LogP contribution < -0.4 is 10.1 Å². The van der Waals surface area contributed by atoms with Gasteiger partial charge in [0.25, 0.3) is 0 Å². The van der Waals surface area contributed by atoms with Gasteiger partial charge in [-0.1, -0.05) is 30.3 Å². The summed E-state index contributed by atoms with van der Waals surface area (Å²) in [5.41, 5.74) is 0. The van der Waals surface area contributed by atoms with Crippen LogP contribution in [0.25, 0.3) is 10.8 Å². The van der Waals surface area contributed by atoms with E-state index >= 15 is 0 Å². The van der Waals surface area contributed by atoms with E-state index in [1.807, 2.05) is 0 Å². The molecule has 0 radical (unpaired) electrons. The number of nitrogens with one attached hydrogen (secondary N) is 1. The van der Waals surface area contributed by atoms with E-state index in [4.69, 9.17) is 4.74 Å². The second kappa shape index (κ2) is 6.07. The lowest BCUT2D eigenvalue weighted by Crippen LogP contribution is -2.30. The third-order valence-electron chi connectivity index (χ3n) is 3.91. The van der Waals surface area contributed by atoms with Gasteiger partial charge >= 0.3 is 0 Å². The van der Waals surface area contributed by atoms with E-state index in [-0.39, 0.29) is 0 Å². The Balaban J connectivity index is 1.56. The molecule has 2 aromatic rings. The average Bonchev–Trinajstić information content (AvgIpc) is 2.48. The Morgan fingerprint density at radius 1 is 1.11 bits per heavy atom. The Morgan fingerprint density at radius 3 is 2.84 bits per heavy atom. The Hall–Kier alpha value is -1.54. The zero-order chi connectivity index (χ0) is 12.9. The summed E-state index contributed by atoms with van der Waals surface area (Å²) in [5, 5.41) is 5.97. The van der Waals surface area contributed by atoms with Crippen molar-refractivity contribution in [3.8, 4) is 5.75 Å². The molecule has 2 heteroatoms. The van der Waals surface area contributed by atoms with Gasteiger partial charge in [0.15, 0.2) is 0 Å². The molecule has 1 atom stereocenters. The molecular formula is C17H21NO. The van der Waals surface area contributed by atoms with Gasteiger partial charge in [0, 0.05) is 0 Å². The molecule has 1 N–H and O–H groups in total. The lowest BCUT2D eigenvalue weighted by atomic mass is 9.97. The van der Waals surface area contributed by atoms with Crippen LogP contribution in [0, 0.1) is 5.92 Å². The fourth-order valence-electron chi connectivity index (χ4n) is 2.77. The molecule has 1 aliphatic rings. The number of ether oxygens (including phenoxy) is 1. The fraction of sp³-hybridized carbons (Fsp3) is 0.412. The average molecular weight is 255 g/mol. The van der Waals surface area contributed by atoms with Crippen LogP contribution in [0.5, 0.6) is 5.75 Å². The zero-order valence-electron chi connectivity index (χ0n) is 11.3. The number of piperidine rings is 1. The summed E-state index contributed by atoms with van der Waals surface area (Å²) in [6.45, 7) is 3.16. The van der Waals surface area contributed by atoms with E-state index in [1.54, 1.807) is 0 Å². The molecule has 2 aromatic carbocycles. The van der Waals surface area contributed by atoms with Crippen molar-refractivity contribution in [3.05, 3.63) is 42.5 Å². The van der Waals surface area contributed by atoms with Crippen molar-refractivity contribution in [1.82, 2.24) is 5.32 Å². The van der Waals surface area contributed by atoms with Crippen LogP contribution in [-0.4, -0.2) is 19.7 Å². The highest BCUT2D eigenvalue weighted by Gasteiger charge is 2.12. The molecule has 1 heterocycles. The van der Waals surface area contributed by atoms with Gasteiger partial charge in [-0.2, -0.15) is 0 Å². The van der Waals surface area contributed by atoms with Gasteiger partial charge in [0.1, 0.15) is 5.75 Å². The minimum absolute atomic E-state index is 0.786. The van der Waals surface area contributed by atoms with Crippen molar-refractivity contribution in [2.24, 2.45) is 5.92 Å².